The molecule has 2 aromatic carbocycles. The summed E-state index contributed by atoms with van der Waals surface area (Å²) in [5, 5.41) is 9.42. The Morgan fingerprint density at radius 2 is 1.48 bits per heavy atom. The van der Waals surface area contributed by atoms with Crippen LogP contribution in [0.3, 0.4) is 0 Å². The summed E-state index contributed by atoms with van der Waals surface area (Å²) < 4.78 is 5.20. The van der Waals surface area contributed by atoms with Crippen molar-refractivity contribution in [2.45, 2.75) is 32.4 Å². The Bertz CT molecular complexity index is 733. The maximum atomic E-state index is 12.2. The number of rotatable bonds is 5. The number of carboxylic acids is 1. The fourth-order valence-corrected chi connectivity index (χ4v) is 2.49. The molecule has 0 radical (unpaired) electrons. The third-order valence-corrected chi connectivity index (χ3v) is 3.69. The highest BCUT2D eigenvalue weighted by Crippen LogP contribution is 2.26. The average molecular weight is 341 g/mol. The van der Waals surface area contributed by atoms with Gasteiger partial charge in [0.15, 0.2) is 5.92 Å². The van der Waals surface area contributed by atoms with E-state index in [1.165, 1.54) is 0 Å². The van der Waals surface area contributed by atoms with Crippen LogP contribution in [0.2, 0.25) is 0 Å². The van der Waals surface area contributed by atoms with Crippen LogP contribution in [0.15, 0.2) is 54.6 Å². The van der Waals surface area contributed by atoms with Gasteiger partial charge in [-0.15, -0.1) is 0 Å². The summed E-state index contributed by atoms with van der Waals surface area (Å²) in [5.41, 5.74) is 7.89. The average Bonchev–Trinajstić information content (AvgIpc) is 2.54. The Hall–Kier alpha value is -2.66. The molecule has 0 aliphatic carbocycles. The van der Waals surface area contributed by atoms with Gasteiger partial charge < -0.3 is 15.6 Å². The van der Waals surface area contributed by atoms with Crippen LogP contribution in [0, 0.1) is 5.92 Å². The zero-order chi connectivity index (χ0) is 18.6. The number of nitrogens with two attached hydrogens (primary N) is 1. The molecule has 132 valence electrons. The van der Waals surface area contributed by atoms with Crippen LogP contribution < -0.4 is 5.73 Å². The summed E-state index contributed by atoms with van der Waals surface area (Å²) in [4.78, 5) is 23.8. The Morgan fingerprint density at radius 3 is 1.96 bits per heavy atom. The first kappa shape index (κ1) is 18.7. The fourth-order valence-electron chi connectivity index (χ4n) is 2.49. The van der Waals surface area contributed by atoms with Crippen molar-refractivity contribution in [1.29, 1.82) is 0 Å². The van der Waals surface area contributed by atoms with Crippen molar-refractivity contribution in [3.63, 3.8) is 0 Å². The predicted molar refractivity (Wildman–Crippen MR) is 95.8 cm³/mol. The summed E-state index contributed by atoms with van der Waals surface area (Å²) in [6.07, 6.45) is 0. The number of ether oxygens (including phenoxy) is 1. The van der Waals surface area contributed by atoms with Crippen LogP contribution in [-0.4, -0.2) is 22.6 Å². The van der Waals surface area contributed by atoms with Gasteiger partial charge in [0.2, 0.25) is 0 Å². The van der Waals surface area contributed by atoms with E-state index >= 15 is 0 Å². The minimum Gasteiger partial charge on any atom is -0.481 e. The minimum atomic E-state index is -1.46. The smallest absolute Gasteiger partial charge is 0.322 e. The lowest BCUT2D eigenvalue weighted by Crippen LogP contribution is -2.39. The fraction of sp³-hybridized carbons (Fsp3) is 0.300. The van der Waals surface area contributed by atoms with E-state index in [9.17, 15) is 14.7 Å². The van der Waals surface area contributed by atoms with Gasteiger partial charge >= 0.3 is 11.9 Å². The second-order valence-electron chi connectivity index (χ2n) is 6.86. The lowest BCUT2D eigenvalue weighted by molar-refractivity contribution is -0.167. The summed E-state index contributed by atoms with van der Waals surface area (Å²) in [6.45, 7) is 5.05. The topological polar surface area (TPSA) is 89.6 Å². The predicted octanol–water partition coefficient (Wildman–Crippen LogP) is 3.40. The number of carbonyl (C=O) groups is 2. The minimum absolute atomic E-state index is 0.568. The van der Waals surface area contributed by atoms with E-state index in [0.717, 1.165) is 11.1 Å². The Labute approximate surface area is 147 Å². The number of benzene rings is 2. The monoisotopic (exact) mass is 341 g/mol. The number of esters is 1. The van der Waals surface area contributed by atoms with Crippen LogP contribution in [0.25, 0.3) is 11.1 Å². The molecule has 0 bridgehead atoms. The summed E-state index contributed by atoms with van der Waals surface area (Å²) in [5.74, 6) is -3.59. The van der Waals surface area contributed by atoms with E-state index in [-0.39, 0.29) is 0 Å². The van der Waals surface area contributed by atoms with Gasteiger partial charge in [-0.2, -0.15) is 0 Å². The van der Waals surface area contributed by atoms with Gasteiger partial charge in [0.05, 0.1) is 6.04 Å². The van der Waals surface area contributed by atoms with Crippen LogP contribution in [0.1, 0.15) is 32.4 Å². The molecule has 5 nitrogen and oxygen atoms in total. The van der Waals surface area contributed by atoms with Crippen molar-refractivity contribution >= 4 is 11.9 Å². The van der Waals surface area contributed by atoms with E-state index < -0.39 is 29.5 Å². The molecular formula is C20H23NO4. The maximum absolute atomic E-state index is 12.2. The number of carboxylic acid groups (broad SMARTS) is 1. The molecular weight excluding hydrogens is 318 g/mol. The quantitative estimate of drug-likeness (QED) is 0.643. The van der Waals surface area contributed by atoms with Crippen LogP contribution in [-0.2, 0) is 14.3 Å². The molecule has 0 saturated carbocycles. The molecule has 0 fully saturated rings. The lowest BCUT2D eigenvalue weighted by atomic mass is 9.92. The first-order valence-electron chi connectivity index (χ1n) is 8.05. The molecule has 0 saturated heterocycles. The van der Waals surface area contributed by atoms with Crippen molar-refractivity contribution in [2.24, 2.45) is 11.7 Å². The molecule has 5 heteroatoms. The molecule has 2 rings (SSSR count). The molecule has 0 heterocycles. The third-order valence-electron chi connectivity index (χ3n) is 3.69. The SMILES string of the molecule is CC(C)(C)OC(=O)[C@@H](C(=O)O)[C@H](N)c1ccc(-c2ccccc2)cc1. The van der Waals surface area contributed by atoms with Gasteiger partial charge in [-0.25, -0.2) is 0 Å². The third kappa shape index (κ3) is 4.90. The van der Waals surface area contributed by atoms with Gasteiger partial charge in [0.1, 0.15) is 5.60 Å². The normalized spacial score (nSPS) is 13.8. The number of hydrogen-bond acceptors (Lipinski definition) is 4. The van der Waals surface area contributed by atoms with E-state index in [2.05, 4.69) is 0 Å². The van der Waals surface area contributed by atoms with Crippen LogP contribution in [0.5, 0.6) is 0 Å². The van der Waals surface area contributed by atoms with Gasteiger partial charge in [-0.3, -0.25) is 9.59 Å². The molecule has 2 aromatic rings. The second-order valence-corrected chi connectivity index (χ2v) is 6.86. The Kier molecular flexibility index (Phi) is 5.59. The van der Waals surface area contributed by atoms with E-state index in [4.69, 9.17) is 10.5 Å². The molecule has 0 amide bonds. The molecule has 3 N–H and O–H groups in total. The molecule has 0 aliphatic heterocycles. The van der Waals surface area contributed by atoms with Gasteiger partial charge in [0.25, 0.3) is 0 Å². The van der Waals surface area contributed by atoms with Gasteiger partial charge in [-0.05, 0) is 37.5 Å². The van der Waals surface area contributed by atoms with Crippen molar-refractivity contribution in [1.82, 2.24) is 0 Å². The molecule has 0 spiro atoms. The lowest BCUT2D eigenvalue weighted by Gasteiger charge is -2.25. The Morgan fingerprint density at radius 1 is 0.960 bits per heavy atom. The molecule has 25 heavy (non-hydrogen) atoms. The zero-order valence-corrected chi connectivity index (χ0v) is 14.6. The van der Waals surface area contributed by atoms with E-state index in [0.29, 0.717) is 5.56 Å². The number of carbonyl (C=O) groups excluding carboxylic acids is 1. The van der Waals surface area contributed by atoms with Crippen molar-refractivity contribution < 1.29 is 19.4 Å². The van der Waals surface area contributed by atoms with Crippen LogP contribution in [0.4, 0.5) is 0 Å². The van der Waals surface area contributed by atoms with Gasteiger partial charge in [0, 0.05) is 0 Å². The standard InChI is InChI=1S/C20H23NO4/c1-20(2,3)25-19(24)16(18(22)23)17(21)15-11-9-14(10-12-15)13-7-5-4-6-8-13/h4-12,16-17H,21H2,1-3H3,(H,22,23)/t16-,17-/m1/s1. The highest BCUT2D eigenvalue weighted by atomic mass is 16.6. The first-order chi connectivity index (χ1) is 11.7. The Balaban J connectivity index is 2.23. The summed E-state index contributed by atoms with van der Waals surface area (Å²) in [6, 6.07) is 16.0. The maximum Gasteiger partial charge on any atom is 0.322 e. The number of aliphatic carboxylic acids is 1. The second kappa shape index (κ2) is 7.49. The highest BCUT2D eigenvalue weighted by molar-refractivity contribution is 5.95. The zero-order valence-electron chi connectivity index (χ0n) is 14.6. The largest absolute Gasteiger partial charge is 0.481 e. The summed E-state index contributed by atoms with van der Waals surface area (Å²) >= 11 is 0. The molecule has 0 unspecified atom stereocenters. The summed E-state index contributed by atoms with van der Waals surface area (Å²) in [7, 11) is 0. The van der Waals surface area contributed by atoms with E-state index in [1.54, 1.807) is 32.9 Å². The van der Waals surface area contributed by atoms with Crippen molar-refractivity contribution in [3.8, 4) is 11.1 Å². The van der Waals surface area contributed by atoms with Crippen molar-refractivity contribution in [2.75, 3.05) is 0 Å². The van der Waals surface area contributed by atoms with Gasteiger partial charge in [-0.1, -0.05) is 54.6 Å². The number of hydrogen-bond donors (Lipinski definition) is 2. The van der Waals surface area contributed by atoms with Crippen LogP contribution >= 0.6 is 0 Å². The molecule has 2 atom stereocenters. The highest BCUT2D eigenvalue weighted by Gasteiger charge is 2.37. The molecule has 0 aromatic heterocycles. The van der Waals surface area contributed by atoms with Crippen molar-refractivity contribution in [3.05, 3.63) is 60.2 Å². The molecule has 0 aliphatic rings. The first-order valence-corrected chi connectivity index (χ1v) is 8.05. The van der Waals surface area contributed by atoms with E-state index in [1.807, 2.05) is 42.5 Å².